The smallest absolute Gasteiger partial charge is 0.188 e. The van der Waals surface area contributed by atoms with Gasteiger partial charge in [-0.1, -0.05) is 30.3 Å². The molecule has 2 rings (SSSR count). The molecule has 2 aromatic rings. The first-order valence-corrected chi connectivity index (χ1v) is 5.68. The molecule has 0 heterocycles. The van der Waals surface area contributed by atoms with Crippen molar-refractivity contribution in [2.24, 2.45) is 0 Å². The number of allylic oxidation sites excluding steroid dienone is 1. The van der Waals surface area contributed by atoms with Crippen molar-refractivity contribution in [1.82, 2.24) is 0 Å². The fourth-order valence-electron chi connectivity index (χ4n) is 1.63. The van der Waals surface area contributed by atoms with Crippen molar-refractivity contribution in [2.45, 2.75) is 0 Å². The second-order valence-electron chi connectivity index (χ2n) is 3.91. The van der Waals surface area contributed by atoms with Crippen LogP contribution in [0.25, 0.3) is 6.08 Å². The standard InChI is InChI=1S/C16H10FNO/c17-15-7-2-1-6-14(15)16(19)9-8-12-4-3-5-13(10-12)11-18/h1-10H/b9-8+. The van der Waals surface area contributed by atoms with Crippen LogP contribution in [-0.4, -0.2) is 5.78 Å². The maximum absolute atomic E-state index is 13.4. The lowest BCUT2D eigenvalue weighted by atomic mass is 10.1. The highest BCUT2D eigenvalue weighted by molar-refractivity contribution is 6.06. The van der Waals surface area contributed by atoms with E-state index in [1.54, 1.807) is 36.4 Å². The number of rotatable bonds is 3. The third-order valence-electron chi connectivity index (χ3n) is 2.58. The summed E-state index contributed by atoms with van der Waals surface area (Å²) in [5.41, 5.74) is 1.28. The summed E-state index contributed by atoms with van der Waals surface area (Å²) in [6.07, 6.45) is 2.87. The Labute approximate surface area is 110 Å². The number of hydrogen-bond donors (Lipinski definition) is 0. The molecule has 0 saturated heterocycles. The number of benzene rings is 2. The van der Waals surface area contributed by atoms with Gasteiger partial charge in [-0.05, 0) is 35.9 Å². The summed E-state index contributed by atoms with van der Waals surface area (Å²) in [5.74, 6) is -0.941. The van der Waals surface area contributed by atoms with Crippen LogP contribution in [0.2, 0.25) is 0 Å². The van der Waals surface area contributed by atoms with E-state index in [0.717, 1.165) is 5.56 Å². The predicted molar refractivity (Wildman–Crippen MR) is 70.9 cm³/mol. The van der Waals surface area contributed by atoms with Gasteiger partial charge in [0.05, 0.1) is 17.2 Å². The predicted octanol–water partition coefficient (Wildman–Crippen LogP) is 3.59. The van der Waals surface area contributed by atoms with Crippen LogP contribution in [0.1, 0.15) is 21.5 Å². The number of carbonyl (C=O) groups is 1. The summed E-state index contributed by atoms with van der Waals surface area (Å²) in [7, 11) is 0. The van der Waals surface area contributed by atoms with Gasteiger partial charge in [-0.15, -0.1) is 0 Å². The third-order valence-corrected chi connectivity index (χ3v) is 2.58. The quantitative estimate of drug-likeness (QED) is 0.617. The van der Waals surface area contributed by atoms with Crippen molar-refractivity contribution in [1.29, 1.82) is 5.26 Å². The minimum atomic E-state index is -0.539. The maximum atomic E-state index is 13.4. The van der Waals surface area contributed by atoms with Gasteiger partial charge in [0.2, 0.25) is 0 Å². The van der Waals surface area contributed by atoms with E-state index in [1.807, 2.05) is 6.07 Å². The van der Waals surface area contributed by atoms with Crippen LogP contribution in [0.5, 0.6) is 0 Å². The molecule has 0 aliphatic carbocycles. The molecule has 0 unspecified atom stereocenters. The van der Waals surface area contributed by atoms with Gasteiger partial charge in [0.15, 0.2) is 5.78 Å². The van der Waals surface area contributed by atoms with E-state index in [-0.39, 0.29) is 5.56 Å². The van der Waals surface area contributed by atoms with Gasteiger partial charge in [0, 0.05) is 0 Å². The van der Waals surface area contributed by atoms with E-state index >= 15 is 0 Å². The molecule has 92 valence electrons. The lowest BCUT2D eigenvalue weighted by Gasteiger charge is -1.97. The van der Waals surface area contributed by atoms with Gasteiger partial charge in [-0.2, -0.15) is 5.26 Å². The Morgan fingerprint density at radius 3 is 2.68 bits per heavy atom. The first-order valence-electron chi connectivity index (χ1n) is 5.68. The summed E-state index contributed by atoms with van der Waals surface area (Å²) < 4.78 is 13.4. The van der Waals surface area contributed by atoms with Crippen LogP contribution < -0.4 is 0 Å². The minimum Gasteiger partial charge on any atom is -0.289 e. The summed E-state index contributed by atoms with van der Waals surface area (Å²) >= 11 is 0. The Bertz CT molecular complexity index is 683. The van der Waals surface area contributed by atoms with Crippen LogP contribution >= 0.6 is 0 Å². The topological polar surface area (TPSA) is 40.9 Å². The zero-order valence-electron chi connectivity index (χ0n) is 10.0. The highest BCUT2D eigenvalue weighted by Gasteiger charge is 2.06. The van der Waals surface area contributed by atoms with Crippen molar-refractivity contribution in [3.8, 4) is 6.07 Å². The van der Waals surface area contributed by atoms with E-state index in [9.17, 15) is 9.18 Å². The van der Waals surface area contributed by atoms with E-state index in [0.29, 0.717) is 5.56 Å². The van der Waals surface area contributed by atoms with E-state index in [2.05, 4.69) is 0 Å². The van der Waals surface area contributed by atoms with Gasteiger partial charge in [0.1, 0.15) is 5.82 Å². The second-order valence-corrected chi connectivity index (χ2v) is 3.91. The second kappa shape index (κ2) is 5.74. The molecule has 0 fully saturated rings. The average Bonchev–Trinajstić information content (AvgIpc) is 2.45. The summed E-state index contributed by atoms with van der Waals surface area (Å²) in [6, 6.07) is 14.7. The highest BCUT2D eigenvalue weighted by Crippen LogP contribution is 2.10. The van der Waals surface area contributed by atoms with Crippen molar-refractivity contribution >= 4 is 11.9 Å². The maximum Gasteiger partial charge on any atom is 0.188 e. The molecule has 0 amide bonds. The number of ketones is 1. The van der Waals surface area contributed by atoms with Crippen LogP contribution in [0, 0.1) is 17.1 Å². The number of nitrogens with zero attached hydrogens (tertiary/aromatic N) is 1. The molecule has 0 aliphatic rings. The highest BCUT2D eigenvalue weighted by atomic mass is 19.1. The normalized spacial score (nSPS) is 10.3. The molecule has 0 radical (unpaired) electrons. The molecular weight excluding hydrogens is 241 g/mol. The van der Waals surface area contributed by atoms with Crippen LogP contribution in [0.4, 0.5) is 4.39 Å². The summed E-state index contributed by atoms with van der Waals surface area (Å²) in [4.78, 5) is 11.8. The molecule has 19 heavy (non-hydrogen) atoms. The lowest BCUT2D eigenvalue weighted by Crippen LogP contribution is -1.97. The average molecular weight is 251 g/mol. The first-order chi connectivity index (χ1) is 9.20. The summed E-state index contributed by atoms with van der Waals surface area (Å²) in [5, 5.41) is 8.76. The Morgan fingerprint density at radius 1 is 1.16 bits per heavy atom. The molecule has 0 spiro atoms. The lowest BCUT2D eigenvalue weighted by molar-refractivity contribution is 0.104. The molecule has 0 aliphatic heterocycles. The fourth-order valence-corrected chi connectivity index (χ4v) is 1.63. The number of nitriles is 1. The first kappa shape index (κ1) is 12.7. The van der Waals surface area contributed by atoms with Gasteiger partial charge in [-0.25, -0.2) is 4.39 Å². The molecule has 2 aromatic carbocycles. The molecule has 2 nitrogen and oxygen atoms in total. The van der Waals surface area contributed by atoms with Crippen LogP contribution in [-0.2, 0) is 0 Å². The SMILES string of the molecule is N#Cc1cccc(/C=C/C(=O)c2ccccc2F)c1. The van der Waals surface area contributed by atoms with Crippen molar-refractivity contribution in [2.75, 3.05) is 0 Å². The molecular formula is C16H10FNO. The zero-order valence-corrected chi connectivity index (χ0v) is 10.0. The van der Waals surface area contributed by atoms with Crippen LogP contribution in [0.3, 0.4) is 0 Å². The van der Waals surface area contributed by atoms with E-state index in [4.69, 9.17) is 5.26 Å². The van der Waals surface area contributed by atoms with Crippen molar-refractivity contribution in [3.63, 3.8) is 0 Å². The van der Waals surface area contributed by atoms with Crippen LogP contribution in [0.15, 0.2) is 54.6 Å². The van der Waals surface area contributed by atoms with Crippen molar-refractivity contribution in [3.05, 3.63) is 77.1 Å². The molecule has 3 heteroatoms. The number of hydrogen-bond acceptors (Lipinski definition) is 2. The van der Waals surface area contributed by atoms with E-state index in [1.165, 1.54) is 24.3 Å². The Hall–Kier alpha value is -2.73. The van der Waals surface area contributed by atoms with Gasteiger partial charge >= 0.3 is 0 Å². The minimum absolute atomic E-state index is 0.0372. The van der Waals surface area contributed by atoms with Gasteiger partial charge < -0.3 is 0 Å². The number of halogens is 1. The van der Waals surface area contributed by atoms with Crippen molar-refractivity contribution < 1.29 is 9.18 Å². The largest absolute Gasteiger partial charge is 0.289 e. The van der Waals surface area contributed by atoms with Gasteiger partial charge in [-0.3, -0.25) is 4.79 Å². The fraction of sp³-hybridized carbons (Fsp3) is 0. The Balaban J connectivity index is 2.21. The number of carbonyl (C=O) groups excluding carboxylic acids is 1. The zero-order chi connectivity index (χ0) is 13.7. The monoisotopic (exact) mass is 251 g/mol. The van der Waals surface area contributed by atoms with Gasteiger partial charge in [0.25, 0.3) is 0 Å². The molecule has 0 bridgehead atoms. The molecule has 0 atom stereocenters. The molecule has 0 aromatic heterocycles. The van der Waals surface area contributed by atoms with E-state index < -0.39 is 11.6 Å². The Kier molecular flexibility index (Phi) is 3.84. The molecule has 0 saturated carbocycles. The third kappa shape index (κ3) is 3.14. The Morgan fingerprint density at radius 2 is 1.95 bits per heavy atom. The molecule has 0 N–H and O–H groups in total. The summed E-state index contributed by atoms with van der Waals surface area (Å²) in [6.45, 7) is 0.